The summed E-state index contributed by atoms with van der Waals surface area (Å²) < 4.78 is 47.4. The maximum absolute atomic E-state index is 14.2. The number of hydrogen-bond acceptors (Lipinski definition) is 3. The largest absolute Gasteiger partial charge is 0.573 e. The van der Waals surface area contributed by atoms with Gasteiger partial charge in [0, 0.05) is 57.0 Å². The van der Waals surface area contributed by atoms with Crippen molar-refractivity contribution in [3.63, 3.8) is 0 Å². The molecule has 0 aliphatic carbocycles. The number of anilines is 6. The quantitative estimate of drug-likeness (QED) is 0.176. The number of para-hydroxylation sites is 2. The van der Waals surface area contributed by atoms with Gasteiger partial charge < -0.3 is 14.5 Å². The third kappa shape index (κ3) is 4.60. The van der Waals surface area contributed by atoms with Gasteiger partial charge in [0.25, 0.3) is 6.71 Å². The van der Waals surface area contributed by atoms with Gasteiger partial charge >= 0.3 is 6.36 Å². The monoisotopic (exact) mass is 660 g/mol. The third-order valence-corrected chi connectivity index (χ3v) is 10.3. The molecule has 0 N–H and O–H groups in total. The van der Waals surface area contributed by atoms with E-state index in [-0.39, 0.29) is 12.5 Å². The molecule has 0 saturated heterocycles. The van der Waals surface area contributed by atoms with Crippen LogP contribution in [0.15, 0.2) is 121 Å². The molecule has 2 aliphatic heterocycles. The average Bonchev–Trinajstić information content (AvgIpc) is 3.08. The maximum atomic E-state index is 14.2. The van der Waals surface area contributed by atoms with Gasteiger partial charge in [0.15, 0.2) is 0 Å². The SMILES string of the molecule is Cc1ccc2c3c(ccc2c1)B1c2ccc4cc(C)ccc4c2N(c2ccccc2C)c2cc(OC(F)(F)F)cc(c21)N3c1ccccc1C. The summed E-state index contributed by atoms with van der Waals surface area (Å²) in [4.78, 5) is 4.32. The predicted octanol–water partition coefficient (Wildman–Crippen LogP) is 10.2. The molecule has 0 aromatic heterocycles. The standard InChI is InChI=1S/C43H32BF3N2O/c1-25-13-17-32-29(21-25)15-19-34-41(32)48(36-11-7-5-9-27(36)3)38-23-31(50-43(45,46)47)24-39-40(38)44(34)35-20-16-30-22-26(2)14-18-33(30)42(35)49(39)37-12-8-6-10-28(37)4/h5-24H,1-4H3. The lowest BCUT2D eigenvalue weighted by Crippen LogP contribution is -2.61. The molecule has 0 spiro atoms. The van der Waals surface area contributed by atoms with Crippen LogP contribution in [-0.2, 0) is 0 Å². The molecule has 0 unspecified atom stereocenters. The van der Waals surface area contributed by atoms with Crippen molar-refractivity contribution in [1.82, 2.24) is 0 Å². The van der Waals surface area contributed by atoms with E-state index in [9.17, 15) is 13.2 Å². The first kappa shape index (κ1) is 30.4. The highest BCUT2D eigenvalue weighted by atomic mass is 19.4. The van der Waals surface area contributed by atoms with Gasteiger partial charge in [-0.25, -0.2) is 0 Å². The number of halogens is 3. The van der Waals surface area contributed by atoms with Crippen molar-refractivity contribution in [1.29, 1.82) is 0 Å². The van der Waals surface area contributed by atoms with E-state index in [2.05, 4.69) is 84.3 Å². The van der Waals surface area contributed by atoms with Crippen LogP contribution < -0.4 is 30.9 Å². The molecule has 244 valence electrons. The lowest BCUT2D eigenvalue weighted by Gasteiger charge is -2.45. The van der Waals surface area contributed by atoms with Crippen LogP contribution in [0, 0.1) is 27.7 Å². The van der Waals surface area contributed by atoms with E-state index in [0.717, 1.165) is 82.9 Å². The molecule has 0 radical (unpaired) electrons. The second-order valence-corrected chi connectivity index (χ2v) is 13.6. The number of hydrogen-bond donors (Lipinski definition) is 0. The molecule has 7 heteroatoms. The minimum absolute atomic E-state index is 0.262. The van der Waals surface area contributed by atoms with Crippen LogP contribution in [0.1, 0.15) is 22.3 Å². The smallest absolute Gasteiger partial charge is 0.406 e. The van der Waals surface area contributed by atoms with Crippen LogP contribution in [0.5, 0.6) is 5.75 Å². The Bertz CT molecular complexity index is 2380. The highest BCUT2D eigenvalue weighted by Crippen LogP contribution is 2.50. The van der Waals surface area contributed by atoms with Crippen molar-refractivity contribution in [2.24, 2.45) is 0 Å². The Morgan fingerprint density at radius 2 is 0.980 bits per heavy atom. The molecule has 0 fully saturated rings. The fraction of sp³-hybridized carbons (Fsp3) is 0.116. The summed E-state index contributed by atoms with van der Waals surface area (Å²) in [5.74, 6) is -0.263. The molecule has 7 aromatic carbocycles. The predicted molar refractivity (Wildman–Crippen MR) is 201 cm³/mol. The van der Waals surface area contributed by atoms with Crippen LogP contribution in [-0.4, -0.2) is 13.1 Å². The molecule has 0 atom stereocenters. The van der Waals surface area contributed by atoms with Crippen molar-refractivity contribution in [3.8, 4) is 5.75 Å². The molecule has 0 saturated carbocycles. The van der Waals surface area contributed by atoms with E-state index in [4.69, 9.17) is 4.74 Å². The number of rotatable bonds is 3. The molecular weight excluding hydrogens is 628 g/mol. The minimum Gasteiger partial charge on any atom is -0.406 e. The van der Waals surface area contributed by atoms with Crippen molar-refractivity contribution in [2.45, 2.75) is 34.1 Å². The third-order valence-electron chi connectivity index (χ3n) is 10.3. The van der Waals surface area contributed by atoms with Crippen LogP contribution >= 0.6 is 0 Å². The Balaban J connectivity index is 1.48. The van der Waals surface area contributed by atoms with Gasteiger partial charge in [-0.15, -0.1) is 13.2 Å². The van der Waals surface area contributed by atoms with E-state index in [1.54, 1.807) is 12.1 Å². The van der Waals surface area contributed by atoms with Crippen LogP contribution in [0.25, 0.3) is 21.5 Å². The van der Waals surface area contributed by atoms with Gasteiger partial charge in [-0.05, 0) is 78.1 Å². The van der Waals surface area contributed by atoms with Crippen LogP contribution in [0.3, 0.4) is 0 Å². The zero-order valence-electron chi connectivity index (χ0n) is 28.1. The van der Waals surface area contributed by atoms with Gasteiger partial charge in [0.05, 0.1) is 0 Å². The maximum Gasteiger partial charge on any atom is 0.573 e. The van der Waals surface area contributed by atoms with E-state index < -0.39 is 6.36 Å². The normalized spacial score (nSPS) is 13.4. The average molecular weight is 661 g/mol. The zero-order chi connectivity index (χ0) is 34.5. The zero-order valence-corrected chi connectivity index (χ0v) is 28.1. The van der Waals surface area contributed by atoms with Gasteiger partial charge in [0.1, 0.15) is 5.75 Å². The van der Waals surface area contributed by atoms with Crippen LogP contribution in [0.2, 0.25) is 0 Å². The van der Waals surface area contributed by atoms with Gasteiger partial charge in [-0.2, -0.15) is 0 Å². The van der Waals surface area contributed by atoms with E-state index in [1.165, 1.54) is 0 Å². The summed E-state index contributed by atoms with van der Waals surface area (Å²) in [6, 6.07) is 40.9. The van der Waals surface area contributed by atoms with Crippen molar-refractivity contribution in [2.75, 3.05) is 9.80 Å². The lowest BCUT2D eigenvalue weighted by atomic mass is 9.33. The molecule has 9 rings (SSSR count). The van der Waals surface area contributed by atoms with Gasteiger partial charge in [0.2, 0.25) is 0 Å². The van der Waals surface area contributed by atoms with E-state index in [1.807, 2.05) is 62.4 Å². The summed E-state index contributed by atoms with van der Waals surface area (Å²) >= 11 is 0. The van der Waals surface area contributed by atoms with Crippen LogP contribution in [0.4, 0.5) is 47.3 Å². The summed E-state index contributed by atoms with van der Waals surface area (Å²) in [7, 11) is 0. The Labute approximate surface area is 289 Å². The molecule has 3 nitrogen and oxygen atoms in total. The van der Waals surface area contributed by atoms with Crippen molar-refractivity contribution >= 4 is 78.8 Å². The van der Waals surface area contributed by atoms with E-state index >= 15 is 0 Å². The van der Waals surface area contributed by atoms with Gasteiger partial charge in [-0.1, -0.05) is 108 Å². The van der Waals surface area contributed by atoms with Crippen molar-refractivity contribution < 1.29 is 17.9 Å². The fourth-order valence-corrected chi connectivity index (χ4v) is 8.17. The lowest BCUT2D eigenvalue weighted by molar-refractivity contribution is -0.274. The summed E-state index contributed by atoms with van der Waals surface area (Å²) in [6.07, 6.45) is -4.88. The van der Waals surface area contributed by atoms with Crippen molar-refractivity contribution in [3.05, 3.63) is 144 Å². The number of benzene rings is 7. The number of aryl methyl sites for hydroxylation is 4. The second kappa shape index (κ2) is 10.9. The molecule has 7 aromatic rings. The Kier molecular flexibility index (Phi) is 6.63. The molecule has 50 heavy (non-hydrogen) atoms. The second-order valence-electron chi connectivity index (χ2n) is 13.6. The minimum atomic E-state index is -4.88. The molecule has 0 bridgehead atoms. The summed E-state index contributed by atoms with van der Waals surface area (Å²) in [5, 5.41) is 4.20. The first-order valence-corrected chi connectivity index (χ1v) is 16.8. The molecular formula is C43H32BF3N2O. The number of nitrogens with zero attached hydrogens (tertiary/aromatic N) is 2. The fourth-order valence-electron chi connectivity index (χ4n) is 8.17. The highest BCUT2D eigenvalue weighted by molar-refractivity contribution is 7.00. The van der Waals surface area contributed by atoms with Gasteiger partial charge in [-0.3, -0.25) is 0 Å². The number of ether oxygens (including phenoxy) is 1. The molecule has 2 aliphatic rings. The Hall–Kier alpha value is -5.69. The summed E-state index contributed by atoms with van der Waals surface area (Å²) in [6.45, 7) is 7.97. The molecule has 2 heterocycles. The first-order chi connectivity index (χ1) is 24.1. The highest BCUT2D eigenvalue weighted by Gasteiger charge is 2.45. The Morgan fingerprint density at radius 3 is 1.42 bits per heavy atom. The topological polar surface area (TPSA) is 15.7 Å². The summed E-state index contributed by atoms with van der Waals surface area (Å²) in [5.41, 5.74) is 12.5. The number of alkyl halides is 3. The molecule has 0 amide bonds. The van der Waals surface area contributed by atoms with E-state index in [0.29, 0.717) is 11.4 Å². The number of fused-ring (bicyclic) bond motifs is 8. The Morgan fingerprint density at radius 1 is 0.520 bits per heavy atom. The first-order valence-electron chi connectivity index (χ1n) is 16.8.